The summed E-state index contributed by atoms with van der Waals surface area (Å²) in [7, 11) is 0. The number of nitrogen functional groups attached to an aromatic ring is 1. The summed E-state index contributed by atoms with van der Waals surface area (Å²) in [6, 6.07) is 3.81. The van der Waals surface area contributed by atoms with Gasteiger partial charge < -0.3 is 11.1 Å². The molecule has 3 N–H and O–H groups in total. The Morgan fingerprint density at radius 3 is 2.69 bits per heavy atom. The lowest BCUT2D eigenvalue weighted by Crippen LogP contribution is -2.29. The first-order valence-corrected chi connectivity index (χ1v) is 9.16. The first-order valence-electron chi connectivity index (χ1n) is 9.16. The quantitative estimate of drug-likeness (QED) is 0.511. The van der Waals surface area contributed by atoms with E-state index in [1.54, 1.807) is 6.92 Å². The van der Waals surface area contributed by atoms with Crippen molar-refractivity contribution in [3.05, 3.63) is 35.4 Å². The normalized spacial score (nSPS) is 15.8. The second-order valence-electron chi connectivity index (χ2n) is 6.85. The summed E-state index contributed by atoms with van der Waals surface area (Å²) in [5, 5.41) is 19.8. The Morgan fingerprint density at radius 1 is 1.21 bits per heavy atom. The van der Waals surface area contributed by atoms with Crippen molar-refractivity contribution in [2.45, 2.75) is 32.2 Å². The van der Waals surface area contributed by atoms with E-state index in [2.05, 4.69) is 30.7 Å². The number of halogens is 3. The summed E-state index contributed by atoms with van der Waals surface area (Å²) < 4.78 is 42.5. The number of nitrogens with one attached hydrogen (secondary N) is 1. The van der Waals surface area contributed by atoms with Crippen molar-refractivity contribution in [2.24, 2.45) is 10.2 Å². The van der Waals surface area contributed by atoms with Gasteiger partial charge in [-0.25, -0.2) is 18.2 Å². The number of aromatic nitrogens is 4. The van der Waals surface area contributed by atoms with Crippen LogP contribution in [0.25, 0.3) is 16.9 Å². The maximum atomic E-state index is 14.4. The van der Waals surface area contributed by atoms with Crippen LogP contribution >= 0.6 is 0 Å². The minimum absolute atomic E-state index is 0.0282. The molecular formula is C18H19F3N8. The van der Waals surface area contributed by atoms with Gasteiger partial charge in [-0.05, 0) is 51.1 Å². The van der Waals surface area contributed by atoms with Crippen molar-refractivity contribution in [3.8, 4) is 11.3 Å². The fourth-order valence-corrected chi connectivity index (χ4v) is 3.20. The van der Waals surface area contributed by atoms with Crippen LogP contribution in [0.1, 0.15) is 30.7 Å². The molecular weight excluding hydrogens is 385 g/mol. The Bertz CT molecular complexity index is 1070. The van der Waals surface area contributed by atoms with Gasteiger partial charge in [-0.1, -0.05) is 0 Å². The fraction of sp³-hybridized carbons (Fsp3) is 0.389. The SMILES string of the molecule is Cc1nc2c(C(F)F)cc(-c3cc(F)c(N)c(N=NC4CCNCC4)c3)nn2n1. The van der Waals surface area contributed by atoms with Gasteiger partial charge in [0.15, 0.2) is 5.65 Å². The minimum Gasteiger partial charge on any atom is -0.395 e. The zero-order chi connectivity index (χ0) is 20.5. The number of aryl methyl sites for hydroxylation is 1. The molecule has 8 nitrogen and oxygen atoms in total. The molecule has 3 heterocycles. The molecule has 3 aromatic rings. The van der Waals surface area contributed by atoms with E-state index >= 15 is 0 Å². The Labute approximate surface area is 164 Å². The van der Waals surface area contributed by atoms with E-state index in [9.17, 15) is 13.2 Å². The average Bonchev–Trinajstić information content (AvgIpc) is 3.08. The minimum atomic E-state index is -2.79. The van der Waals surface area contributed by atoms with E-state index < -0.39 is 12.2 Å². The molecule has 0 unspecified atom stereocenters. The molecule has 2 aromatic heterocycles. The summed E-state index contributed by atoms with van der Waals surface area (Å²) in [4.78, 5) is 3.98. The van der Waals surface area contributed by atoms with Gasteiger partial charge in [0.05, 0.1) is 23.0 Å². The van der Waals surface area contributed by atoms with E-state index in [4.69, 9.17) is 5.73 Å². The first-order chi connectivity index (χ1) is 13.9. The van der Waals surface area contributed by atoms with Gasteiger partial charge in [0.1, 0.15) is 17.3 Å². The van der Waals surface area contributed by atoms with Gasteiger partial charge in [-0.3, -0.25) is 0 Å². The Kier molecular flexibility index (Phi) is 5.14. The molecule has 1 aromatic carbocycles. The lowest BCUT2D eigenvalue weighted by Gasteiger charge is -2.17. The van der Waals surface area contributed by atoms with Gasteiger partial charge in [-0.2, -0.15) is 10.2 Å². The van der Waals surface area contributed by atoms with Crippen molar-refractivity contribution in [1.82, 2.24) is 25.1 Å². The topological polar surface area (TPSA) is 106 Å². The standard InChI is InChI=1S/C18H19F3N8/c1-9-24-18-12(17(20)21)8-14(28-29(18)27-9)10-6-13(19)16(22)15(7-10)26-25-11-2-4-23-5-3-11/h6-8,11,17,23H,2-5,22H2,1H3. The summed E-state index contributed by atoms with van der Waals surface area (Å²) in [5.74, 6) is -0.423. The molecule has 29 heavy (non-hydrogen) atoms. The second-order valence-corrected chi connectivity index (χ2v) is 6.85. The molecule has 1 fully saturated rings. The number of hydrogen-bond acceptors (Lipinski definition) is 7. The largest absolute Gasteiger partial charge is 0.395 e. The van der Waals surface area contributed by atoms with E-state index in [1.165, 1.54) is 12.1 Å². The van der Waals surface area contributed by atoms with E-state index in [1.807, 2.05) is 0 Å². The smallest absolute Gasteiger partial charge is 0.267 e. The van der Waals surface area contributed by atoms with Crippen LogP contribution < -0.4 is 11.1 Å². The van der Waals surface area contributed by atoms with Crippen LogP contribution in [-0.2, 0) is 0 Å². The molecule has 1 aliphatic rings. The molecule has 1 saturated heterocycles. The van der Waals surface area contributed by atoms with Gasteiger partial charge in [0.25, 0.3) is 6.43 Å². The number of alkyl halides is 2. The molecule has 0 amide bonds. The molecule has 152 valence electrons. The zero-order valence-corrected chi connectivity index (χ0v) is 15.6. The second kappa shape index (κ2) is 7.74. The highest BCUT2D eigenvalue weighted by atomic mass is 19.3. The number of benzene rings is 1. The summed E-state index contributed by atoms with van der Waals surface area (Å²) in [5.41, 5.74) is 5.76. The molecule has 4 rings (SSSR count). The summed E-state index contributed by atoms with van der Waals surface area (Å²) >= 11 is 0. The van der Waals surface area contributed by atoms with Gasteiger partial charge in [0, 0.05) is 5.56 Å². The highest BCUT2D eigenvalue weighted by molar-refractivity contribution is 5.73. The zero-order valence-electron chi connectivity index (χ0n) is 15.6. The molecule has 0 spiro atoms. The number of hydrogen-bond donors (Lipinski definition) is 2. The predicted octanol–water partition coefficient (Wildman–Crippen LogP) is 3.59. The third-order valence-corrected chi connectivity index (χ3v) is 4.73. The number of nitrogens with zero attached hydrogens (tertiary/aromatic N) is 6. The van der Waals surface area contributed by atoms with Crippen molar-refractivity contribution < 1.29 is 13.2 Å². The van der Waals surface area contributed by atoms with Crippen LogP contribution in [0.5, 0.6) is 0 Å². The molecule has 0 bridgehead atoms. The predicted molar refractivity (Wildman–Crippen MR) is 101 cm³/mol. The van der Waals surface area contributed by atoms with Crippen LogP contribution in [0.15, 0.2) is 28.4 Å². The summed E-state index contributed by atoms with van der Waals surface area (Å²) in [6.07, 6.45) is -1.14. The molecule has 0 atom stereocenters. The molecule has 0 radical (unpaired) electrons. The monoisotopic (exact) mass is 404 g/mol. The molecule has 1 aliphatic heterocycles. The van der Waals surface area contributed by atoms with Gasteiger partial charge in [0.2, 0.25) is 0 Å². The fourth-order valence-electron chi connectivity index (χ4n) is 3.20. The van der Waals surface area contributed by atoms with Crippen molar-refractivity contribution in [1.29, 1.82) is 0 Å². The Morgan fingerprint density at radius 2 is 1.97 bits per heavy atom. The summed E-state index contributed by atoms with van der Waals surface area (Å²) in [6.45, 7) is 3.25. The van der Waals surface area contributed by atoms with Crippen LogP contribution in [0.4, 0.5) is 24.5 Å². The maximum absolute atomic E-state index is 14.4. The van der Waals surface area contributed by atoms with Gasteiger partial charge >= 0.3 is 0 Å². The third kappa shape index (κ3) is 3.90. The number of anilines is 1. The van der Waals surface area contributed by atoms with Crippen LogP contribution in [0.3, 0.4) is 0 Å². The van der Waals surface area contributed by atoms with E-state index in [0.29, 0.717) is 5.82 Å². The van der Waals surface area contributed by atoms with Gasteiger partial charge in [-0.15, -0.1) is 14.8 Å². The van der Waals surface area contributed by atoms with Crippen molar-refractivity contribution in [3.63, 3.8) is 0 Å². The first kappa shape index (κ1) is 19.2. The molecule has 0 aliphatic carbocycles. The van der Waals surface area contributed by atoms with Crippen molar-refractivity contribution >= 4 is 17.0 Å². The molecule has 11 heteroatoms. The number of piperidine rings is 1. The van der Waals surface area contributed by atoms with Crippen LogP contribution in [0.2, 0.25) is 0 Å². The van der Waals surface area contributed by atoms with E-state index in [-0.39, 0.29) is 39.9 Å². The Balaban J connectivity index is 1.77. The number of azo groups is 1. The maximum Gasteiger partial charge on any atom is 0.267 e. The lowest BCUT2D eigenvalue weighted by molar-refractivity contribution is 0.152. The van der Waals surface area contributed by atoms with Crippen LogP contribution in [-0.4, -0.2) is 38.9 Å². The molecule has 0 saturated carbocycles. The lowest BCUT2D eigenvalue weighted by atomic mass is 10.1. The third-order valence-electron chi connectivity index (χ3n) is 4.73. The number of nitrogens with two attached hydrogens (primary N) is 1. The van der Waals surface area contributed by atoms with E-state index in [0.717, 1.165) is 36.6 Å². The number of rotatable bonds is 4. The van der Waals surface area contributed by atoms with Crippen LogP contribution in [0, 0.1) is 12.7 Å². The highest BCUT2D eigenvalue weighted by Gasteiger charge is 2.20. The average molecular weight is 404 g/mol. The highest BCUT2D eigenvalue weighted by Crippen LogP contribution is 2.34. The number of fused-ring (bicyclic) bond motifs is 1. The Hall–Kier alpha value is -3.08. The van der Waals surface area contributed by atoms with Crippen molar-refractivity contribution in [2.75, 3.05) is 18.8 Å².